The number of hydrogen-bond acceptors (Lipinski definition) is 6. The van der Waals surface area contributed by atoms with E-state index in [1.807, 2.05) is 0 Å². The second-order valence-corrected chi connectivity index (χ2v) is 6.61. The highest BCUT2D eigenvalue weighted by atomic mass is 19.1. The van der Waals surface area contributed by atoms with Crippen LogP contribution in [0.25, 0.3) is 11.6 Å². The number of rotatable bonds is 7. The van der Waals surface area contributed by atoms with Crippen LogP contribution in [0.3, 0.4) is 0 Å². The molecular formula is C20H17F2N5O3. The summed E-state index contributed by atoms with van der Waals surface area (Å²) in [6, 6.07) is 6.61. The fraction of sp³-hybridized carbons (Fsp3) is 0.200. The predicted molar refractivity (Wildman–Crippen MR) is 101 cm³/mol. The van der Waals surface area contributed by atoms with Gasteiger partial charge in [0.2, 0.25) is 17.6 Å². The molecule has 1 amide bonds. The molecule has 3 aromatic heterocycles. The van der Waals surface area contributed by atoms with E-state index in [2.05, 4.69) is 20.6 Å². The monoisotopic (exact) mass is 413 g/mol. The first-order chi connectivity index (χ1) is 14.5. The summed E-state index contributed by atoms with van der Waals surface area (Å²) in [6.07, 6.45) is 3.35. The van der Waals surface area contributed by atoms with Crippen molar-refractivity contribution in [3.63, 3.8) is 0 Å². The highest BCUT2D eigenvalue weighted by Gasteiger charge is 2.16. The number of halogens is 2. The van der Waals surface area contributed by atoms with Crippen LogP contribution in [-0.2, 0) is 17.8 Å². The number of nitrogens with one attached hydrogen (secondary N) is 1. The first-order valence-corrected chi connectivity index (χ1v) is 9.12. The molecule has 8 nitrogen and oxygen atoms in total. The number of benzene rings is 1. The van der Waals surface area contributed by atoms with Gasteiger partial charge in [-0.15, -0.1) is 0 Å². The van der Waals surface area contributed by atoms with Crippen molar-refractivity contribution in [3.05, 3.63) is 71.4 Å². The van der Waals surface area contributed by atoms with E-state index in [9.17, 15) is 13.6 Å². The summed E-state index contributed by atoms with van der Waals surface area (Å²) < 4.78 is 39.1. The highest BCUT2D eigenvalue weighted by Crippen LogP contribution is 2.19. The number of anilines is 1. The van der Waals surface area contributed by atoms with Gasteiger partial charge in [0.15, 0.2) is 5.76 Å². The van der Waals surface area contributed by atoms with Crippen molar-refractivity contribution in [1.82, 2.24) is 19.9 Å². The summed E-state index contributed by atoms with van der Waals surface area (Å²) in [7, 11) is 0. The molecule has 0 atom stereocenters. The Balaban J connectivity index is 1.40. The lowest BCUT2D eigenvalue weighted by molar-refractivity contribution is -0.116. The molecule has 1 aromatic carbocycles. The second kappa shape index (κ2) is 8.27. The first kappa shape index (κ1) is 19.5. The summed E-state index contributed by atoms with van der Waals surface area (Å²) >= 11 is 0. The van der Waals surface area contributed by atoms with Crippen molar-refractivity contribution >= 4 is 11.7 Å². The van der Waals surface area contributed by atoms with Gasteiger partial charge in [-0.3, -0.25) is 4.79 Å². The van der Waals surface area contributed by atoms with E-state index < -0.39 is 11.6 Å². The third-order valence-electron chi connectivity index (χ3n) is 4.38. The van der Waals surface area contributed by atoms with E-state index in [4.69, 9.17) is 8.94 Å². The summed E-state index contributed by atoms with van der Waals surface area (Å²) in [5.74, 6) is 0.0753. The summed E-state index contributed by atoms with van der Waals surface area (Å²) in [6.45, 7) is 1.73. The highest BCUT2D eigenvalue weighted by molar-refractivity contribution is 5.90. The molecule has 0 radical (unpaired) electrons. The fourth-order valence-electron chi connectivity index (χ4n) is 2.86. The van der Waals surface area contributed by atoms with Crippen molar-refractivity contribution in [3.8, 4) is 11.6 Å². The van der Waals surface area contributed by atoms with E-state index in [-0.39, 0.29) is 30.9 Å². The van der Waals surface area contributed by atoms with Crippen molar-refractivity contribution in [2.45, 2.75) is 26.3 Å². The van der Waals surface area contributed by atoms with Crippen LogP contribution in [0.4, 0.5) is 14.6 Å². The molecule has 0 aliphatic heterocycles. The normalized spacial score (nSPS) is 11.0. The van der Waals surface area contributed by atoms with Crippen molar-refractivity contribution in [1.29, 1.82) is 0 Å². The molecule has 154 valence electrons. The Morgan fingerprint density at radius 2 is 2.13 bits per heavy atom. The van der Waals surface area contributed by atoms with Gasteiger partial charge in [-0.2, -0.15) is 10.1 Å². The SMILES string of the molecule is Cc1cnn(Cc2cc(F)ccc2F)c1NC(=O)CCc1nc(-c2ccco2)no1. The van der Waals surface area contributed by atoms with Gasteiger partial charge in [0.1, 0.15) is 17.5 Å². The van der Waals surface area contributed by atoms with Crippen LogP contribution in [-0.4, -0.2) is 25.8 Å². The number of nitrogens with zero attached hydrogens (tertiary/aromatic N) is 4. The molecule has 10 heteroatoms. The zero-order valence-electron chi connectivity index (χ0n) is 15.9. The van der Waals surface area contributed by atoms with Gasteiger partial charge in [0.25, 0.3) is 0 Å². The molecule has 4 rings (SSSR count). The van der Waals surface area contributed by atoms with Gasteiger partial charge in [0, 0.05) is 24.0 Å². The standard InChI is InChI=1S/C20H17F2N5O3/c1-12-10-23-27(11-13-9-14(21)4-5-15(13)22)20(12)24-17(28)6-7-18-25-19(26-30-18)16-3-2-8-29-16/h2-5,8-10H,6-7,11H2,1H3,(H,24,28). The molecule has 0 unspecified atom stereocenters. The van der Waals surface area contributed by atoms with Crippen molar-refractivity contribution in [2.24, 2.45) is 0 Å². The molecule has 0 bridgehead atoms. The van der Waals surface area contributed by atoms with Crippen LogP contribution in [0.15, 0.2) is 51.7 Å². The van der Waals surface area contributed by atoms with E-state index in [1.54, 1.807) is 25.3 Å². The Bertz CT molecular complexity index is 1170. The van der Waals surface area contributed by atoms with Crippen LogP contribution >= 0.6 is 0 Å². The number of hydrogen-bond donors (Lipinski definition) is 1. The third kappa shape index (κ3) is 4.27. The van der Waals surface area contributed by atoms with Crippen LogP contribution in [0, 0.1) is 18.6 Å². The number of carbonyl (C=O) groups excluding carboxylic acids is 1. The lowest BCUT2D eigenvalue weighted by atomic mass is 10.2. The molecule has 0 aliphatic carbocycles. The zero-order valence-corrected chi connectivity index (χ0v) is 15.9. The molecule has 0 aliphatic rings. The average Bonchev–Trinajstić information content (AvgIpc) is 3.47. The molecule has 3 heterocycles. The predicted octanol–water partition coefficient (Wildman–Crippen LogP) is 3.73. The zero-order chi connectivity index (χ0) is 21.1. The molecular weight excluding hydrogens is 396 g/mol. The minimum Gasteiger partial charge on any atom is -0.461 e. The lowest BCUT2D eigenvalue weighted by Gasteiger charge is -2.11. The van der Waals surface area contributed by atoms with Gasteiger partial charge in [0.05, 0.1) is 19.0 Å². The average molecular weight is 413 g/mol. The van der Waals surface area contributed by atoms with E-state index in [0.29, 0.717) is 28.9 Å². The van der Waals surface area contributed by atoms with Crippen LogP contribution in [0.5, 0.6) is 0 Å². The van der Waals surface area contributed by atoms with Crippen LogP contribution < -0.4 is 5.32 Å². The maximum atomic E-state index is 13.9. The van der Waals surface area contributed by atoms with E-state index >= 15 is 0 Å². The van der Waals surface area contributed by atoms with Gasteiger partial charge in [-0.05, 0) is 37.3 Å². The van der Waals surface area contributed by atoms with Gasteiger partial charge >= 0.3 is 0 Å². The number of carbonyl (C=O) groups is 1. The summed E-state index contributed by atoms with van der Waals surface area (Å²) in [5.41, 5.74) is 0.822. The smallest absolute Gasteiger partial charge is 0.238 e. The Kier molecular flexibility index (Phi) is 5.38. The van der Waals surface area contributed by atoms with E-state index in [0.717, 1.165) is 18.2 Å². The molecule has 4 aromatic rings. The van der Waals surface area contributed by atoms with Crippen LogP contribution in [0.2, 0.25) is 0 Å². The summed E-state index contributed by atoms with van der Waals surface area (Å²) in [4.78, 5) is 16.6. The number of aromatic nitrogens is 4. The molecule has 30 heavy (non-hydrogen) atoms. The van der Waals surface area contributed by atoms with Gasteiger partial charge in [-0.25, -0.2) is 13.5 Å². The Morgan fingerprint density at radius 1 is 1.27 bits per heavy atom. The molecule has 0 spiro atoms. The van der Waals surface area contributed by atoms with Gasteiger partial charge in [-0.1, -0.05) is 5.16 Å². The van der Waals surface area contributed by atoms with Gasteiger partial charge < -0.3 is 14.3 Å². The molecule has 0 fully saturated rings. The van der Waals surface area contributed by atoms with Crippen LogP contribution in [0.1, 0.15) is 23.4 Å². The molecule has 1 N–H and O–H groups in total. The largest absolute Gasteiger partial charge is 0.461 e. The maximum absolute atomic E-state index is 13.9. The molecule has 0 saturated heterocycles. The third-order valence-corrected chi connectivity index (χ3v) is 4.38. The number of furan rings is 1. The molecule has 0 saturated carbocycles. The first-order valence-electron chi connectivity index (χ1n) is 9.12. The number of aryl methyl sites for hydroxylation is 2. The van der Waals surface area contributed by atoms with Crippen molar-refractivity contribution < 1.29 is 22.5 Å². The number of amides is 1. The Hall–Kier alpha value is -3.82. The topological polar surface area (TPSA) is 99.0 Å². The van der Waals surface area contributed by atoms with Crippen molar-refractivity contribution in [2.75, 3.05) is 5.32 Å². The quantitative estimate of drug-likeness (QED) is 0.496. The minimum absolute atomic E-state index is 0.0246. The maximum Gasteiger partial charge on any atom is 0.238 e. The van der Waals surface area contributed by atoms with E-state index in [1.165, 1.54) is 10.9 Å². The second-order valence-electron chi connectivity index (χ2n) is 6.61. The Morgan fingerprint density at radius 3 is 2.93 bits per heavy atom. The lowest BCUT2D eigenvalue weighted by Crippen LogP contribution is -2.17. The fourth-order valence-corrected chi connectivity index (χ4v) is 2.86. The summed E-state index contributed by atoms with van der Waals surface area (Å²) in [5, 5.41) is 10.7. The Labute approximate surface area is 169 Å². The minimum atomic E-state index is -0.550.